The Morgan fingerprint density at radius 2 is 1.95 bits per heavy atom. The molecule has 104 valence electrons. The molecule has 0 aliphatic heterocycles. The summed E-state index contributed by atoms with van der Waals surface area (Å²) in [6.45, 7) is 2.37. The second-order valence-corrected chi connectivity index (χ2v) is 4.28. The molecule has 2 aromatic carbocycles. The predicted molar refractivity (Wildman–Crippen MR) is 76.9 cm³/mol. The molecule has 0 aliphatic carbocycles. The highest BCUT2D eigenvalue weighted by Gasteiger charge is 2.17. The van der Waals surface area contributed by atoms with Crippen LogP contribution in [-0.4, -0.2) is 17.6 Å². The van der Waals surface area contributed by atoms with Crippen LogP contribution >= 0.6 is 0 Å². The third kappa shape index (κ3) is 2.56. The van der Waals surface area contributed by atoms with E-state index in [1.165, 1.54) is 6.07 Å². The third-order valence-corrected chi connectivity index (χ3v) is 3.02. The summed E-state index contributed by atoms with van der Waals surface area (Å²) in [7, 11) is 0. The average Bonchev–Trinajstić information content (AvgIpc) is 2.42. The molecule has 0 saturated heterocycles. The SMILES string of the molecule is CCN(c1ccccc1)c1cc(C(=O)O)c(N)cc1F. The topological polar surface area (TPSA) is 66.6 Å². The van der Waals surface area contributed by atoms with E-state index in [-0.39, 0.29) is 16.9 Å². The van der Waals surface area contributed by atoms with Crippen LogP contribution in [0.3, 0.4) is 0 Å². The maximum Gasteiger partial charge on any atom is 0.337 e. The second kappa shape index (κ2) is 5.61. The van der Waals surface area contributed by atoms with Gasteiger partial charge in [0.1, 0.15) is 5.82 Å². The van der Waals surface area contributed by atoms with Crippen molar-refractivity contribution in [3.63, 3.8) is 0 Å². The minimum atomic E-state index is -1.17. The van der Waals surface area contributed by atoms with Crippen molar-refractivity contribution in [1.29, 1.82) is 0 Å². The van der Waals surface area contributed by atoms with Crippen LogP contribution < -0.4 is 10.6 Å². The number of nitrogens with zero attached hydrogens (tertiary/aromatic N) is 1. The first kappa shape index (κ1) is 13.9. The number of anilines is 3. The van der Waals surface area contributed by atoms with Gasteiger partial charge < -0.3 is 15.7 Å². The molecule has 0 spiro atoms. The molecule has 0 aliphatic rings. The molecule has 0 bridgehead atoms. The maximum atomic E-state index is 14.1. The van der Waals surface area contributed by atoms with Crippen molar-refractivity contribution in [1.82, 2.24) is 0 Å². The zero-order chi connectivity index (χ0) is 14.7. The van der Waals surface area contributed by atoms with Crippen molar-refractivity contribution in [3.05, 3.63) is 53.8 Å². The molecule has 0 saturated carbocycles. The summed E-state index contributed by atoms with van der Waals surface area (Å²) in [5, 5.41) is 9.09. The monoisotopic (exact) mass is 274 g/mol. The number of carbonyl (C=O) groups is 1. The van der Waals surface area contributed by atoms with Gasteiger partial charge in [0.15, 0.2) is 0 Å². The van der Waals surface area contributed by atoms with E-state index < -0.39 is 11.8 Å². The number of nitrogen functional groups attached to an aromatic ring is 1. The van der Waals surface area contributed by atoms with Crippen LogP contribution in [0.1, 0.15) is 17.3 Å². The Kier molecular flexibility index (Phi) is 3.89. The number of benzene rings is 2. The van der Waals surface area contributed by atoms with Crippen LogP contribution in [0, 0.1) is 5.82 Å². The lowest BCUT2D eigenvalue weighted by Gasteiger charge is -2.24. The van der Waals surface area contributed by atoms with Crippen LogP contribution in [0.25, 0.3) is 0 Å². The van der Waals surface area contributed by atoms with Crippen molar-refractivity contribution in [2.24, 2.45) is 0 Å². The van der Waals surface area contributed by atoms with Gasteiger partial charge in [-0.3, -0.25) is 0 Å². The van der Waals surface area contributed by atoms with Crippen molar-refractivity contribution in [2.45, 2.75) is 6.92 Å². The van der Waals surface area contributed by atoms with Crippen LogP contribution in [-0.2, 0) is 0 Å². The van der Waals surface area contributed by atoms with Gasteiger partial charge in [0.25, 0.3) is 0 Å². The van der Waals surface area contributed by atoms with Gasteiger partial charge in [-0.05, 0) is 31.2 Å². The number of hydrogen-bond donors (Lipinski definition) is 2. The summed E-state index contributed by atoms with van der Waals surface area (Å²) >= 11 is 0. The van der Waals surface area contributed by atoms with Gasteiger partial charge in [-0.1, -0.05) is 18.2 Å². The lowest BCUT2D eigenvalue weighted by Crippen LogP contribution is -2.18. The first-order valence-corrected chi connectivity index (χ1v) is 6.19. The van der Waals surface area contributed by atoms with Gasteiger partial charge in [-0.25, -0.2) is 9.18 Å². The van der Waals surface area contributed by atoms with Gasteiger partial charge in [0.2, 0.25) is 0 Å². The minimum absolute atomic E-state index is 0.0807. The van der Waals surface area contributed by atoms with Crippen LogP contribution in [0.15, 0.2) is 42.5 Å². The van der Waals surface area contributed by atoms with E-state index in [1.54, 1.807) is 4.90 Å². The summed E-state index contributed by atoms with van der Waals surface area (Å²) < 4.78 is 14.1. The molecule has 0 amide bonds. The number of hydrogen-bond acceptors (Lipinski definition) is 3. The third-order valence-electron chi connectivity index (χ3n) is 3.02. The van der Waals surface area contributed by atoms with E-state index >= 15 is 0 Å². The van der Waals surface area contributed by atoms with Crippen LogP contribution in [0.5, 0.6) is 0 Å². The number of aromatic carboxylic acids is 1. The van der Waals surface area contributed by atoms with Crippen molar-refractivity contribution < 1.29 is 14.3 Å². The Morgan fingerprint density at radius 1 is 1.30 bits per heavy atom. The predicted octanol–water partition coefficient (Wildman–Crippen LogP) is 3.26. The largest absolute Gasteiger partial charge is 0.478 e. The number of halogens is 1. The highest BCUT2D eigenvalue weighted by Crippen LogP contribution is 2.30. The molecule has 0 aromatic heterocycles. The molecule has 0 atom stereocenters. The first-order valence-electron chi connectivity index (χ1n) is 6.19. The number of carboxylic acid groups (broad SMARTS) is 1. The molecule has 0 heterocycles. The highest BCUT2D eigenvalue weighted by atomic mass is 19.1. The van der Waals surface area contributed by atoms with Crippen LogP contribution in [0.4, 0.5) is 21.5 Å². The summed E-state index contributed by atoms with van der Waals surface area (Å²) in [4.78, 5) is 12.8. The van der Waals surface area contributed by atoms with E-state index in [0.717, 1.165) is 11.8 Å². The molecule has 0 fully saturated rings. The van der Waals surface area contributed by atoms with Crippen molar-refractivity contribution >= 4 is 23.0 Å². The minimum Gasteiger partial charge on any atom is -0.478 e. The van der Waals surface area contributed by atoms with Gasteiger partial charge in [0.05, 0.1) is 11.3 Å². The molecule has 3 N–H and O–H groups in total. The molecular formula is C15H15FN2O2. The Bertz CT molecular complexity index is 629. The fourth-order valence-corrected chi connectivity index (χ4v) is 2.07. The molecule has 2 aromatic rings. The normalized spacial score (nSPS) is 10.3. The molecule has 20 heavy (non-hydrogen) atoms. The smallest absolute Gasteiger partial charge is 0.337 e. The Labute approximate surface area is 116 Å². The number of nitrogens with two attached hydrogens (primary N) is 1. The summed E-state index contributed by atoms with van der Waals surface area (Å²) in [6, 6.07) is 11.5. The Morgan fingerprint density at radius 3 is 2.50 bits per heavy atom. The molecule has 5 heteroatoms. The standard InChI is InChI=1S/C15H15FN2O2/c1-2-18(10-6-4-3-5-7-10)14-8-11(15(19)20)13(17)9-12(14)16/h3-9H,2,17H2,1H3,(H,19,20). The van der Waals surface area contributed by atoms with Crippen molar-refractivity contribution in [3.8, 4) is 0 Å². The molecule has 2 rings (SSSR count). The van der Waals surface area contributed by atoms with Crippen LogP contribution in [0.2, 0.25) is 0 Å². The molecule has 4 nitrogen and oxygen atoms in total. The quantitative estimate of drug-likeness (QED) is 0.840. The van der Waals surface area contributed by atoms with E-state index in [0.29, 0.717) is 6.54 Å². The Hall–Kier alpha value is -2.56. The fraction of sp³-hybridized carbons (Fsp3) is 0.133. The van der Waals surface area contributed by atoms with Crippen molar-refractivity contribution in [2.75, 3.05) is 17.2 Å². The number of rotatable bonds is 4. The van der Waals surface area contributed by atoms with Gasteiger partial charge in [-0.2, -0.15) is 0 Å². The summed E-state index contributed by atoms with van der Waals surface area (Å²) in [5.74, 6) is -1.72. The molecule has 0 radical (unpaired) electrons. The number of carboxylic acids is 1. The Balaban J connectivity index is 2.55. The molecule has 0 unspecified atom stereocenters. The molecular weight excluding hydrogens is 259 g/mol. The van der Waals surface area contributed by atoms with Gasteiger partial charge >= 0.3 is 5.97 Å². The van der Waals surface area contributed by atoms with Gasteiger partial charge in [0, 0.05) is 17.9 Å². The van der Waals surface area contributed by atoms with E-state index in [4.69, 9.17) is 10.8 Å². The summed E-state index contributed by atoms with van der Waals surface area (Å²) in [5.41, 5.74) is 6.34. The second-order valence-electron chi connectivity index (χ2n) is 4.28. The van der Waals surface area contributed by atoms with Gasteiger partial charge in [-0.15, -0.1) is 0 Å². The highest BCUT2D eigenvalue weighted by molar-refractivity contribution is 5.95. The number of para-hydroxylation sites is 1. The average molecular weight is 274 g/mol. The maximum absolute atomic E-state index is 14.1. The zero-order valence-corrected chi connectivity index (χ0v) is 11.0. The van der Waals surface area contributed by atoms with E-state index in [1.807, 2.05) is 37.3 Å². The fourth-order valence-electron chi connectivity index (χ4n) is 2.07. The summed E-state index contributed by atoms with van der Waals surface area (Å²) in [6.07, 6.45) is 0. The lowest BCUT2D eigenvalue weighted by atomic mass is 10.1. The van der Waals surface area contributed by atoms with E-state index in [9.17, 15) is 9.18 Å². The van der Waals surface area contributed by atoms with E-state index in [2.05, 4.69) is 0 Å². The first-order chi connectivity index (χ1) is 9.54. The zero-order valence-electron chi connectivity index (χ0n) is 11.0. The lowest BCUT2D eigenvalue weighted by molar-refractivity contribution is 0.0698.